The predicted molar refractivity (Wildman–Crippen MR) is 114 cm³/mol. The Balaban J connectivity index is 2.02. The molecule has 1 aliphatic heterocycles. The van der Waals surface area contributed by atoms with Crippen molar-refractivity contribution in [3.63, 3.8) is 0 Å². The zero-order valence-electron chi connectivity index (χ0n) is 18.4. The van der Waals surface area contributed by atoms with Crippen LogP contribution < -0.4 is 0 Å². The van der Waals surface area contributed by atoms with Gasteiger partial charge in [0.15, 0.2) is 12.1 Å². The van der Waals surface area contributed by atoms with E-state index in [0.717, 1.165) is 42.6 Å². The van der Waals surface area contributed by atoms with Gasteiger partial charge >= 0.3 is 5.97 Å². The summed E-state index contributed by atoms with van der Waals surface area (Å²) in [6, 6.07) is 9.66. The van der Waals surface area contributed by atoms with E-state index >= 15 is 0 Å². The Morgan fingerprint density at radius 3 is 2.57 bits per heavy atom. The number of ether oxygens (including phenoxy) is 4. The molecule has 0 amide bonds. The maximum Gasteiger partial charge on any atom is 0.313 e. The first-order valence-corrected chi connectivity index (χ1v) is 10.7. The summed E-state index contributed by atoms with van der Waals surface area (Å²) >= 11 is 0. The highest BCUT2D eigenvalue weighted by molar-refractivity contribution is 5.98. The van der Waals surface area contributed by atoms with Crippen molar-refractivity contribution in [3.8, 4) is 0 Å². The number of Topliss-reactive ketones (excluding diaryl/α,β-unsaturated/α-hetero) is 1. The fraction of sp³-hybridized carbons (Fsp3) is 0.583. The molecular weight excluding hydrogens is 384 g/mol. The third-order valence-corrected chi connectivity index (χ3v) is 5.00. The van der Waals surface area contributed by atoms with Crippen LogP contribution in [0.2, 0.25) is 0 Å². The summed E-state index contributed by atoms with van der Waals surface area (Å²) in [6.45, 7) is 7.34. The highest BCUT2D eigenvalue weighted by atomic mass is 16.7. The van der Waals surface area contributed by atoms with E-state index in [-0.39, 0.29) is 25.1 Å². The summed E-state index contributed by atoms with van der Waals surface area (Å²) in [5.41, 5.74) is 3.03. The van der Waals surface area contributed by atoms with Crippen LogP contribution in [0.5, 0.6) is 0 Å². The molecule has 0 spiro atoms. The van der Waals surface area contributed by atoms with Gasteiger partial charge in [0.25, 0.3) is 0 Å². The minimum absolute atomic E-state index is 0.202. The second kappa shape index (κ2) is 13.3. The SMILES string of the molecule is CCOC(=O)CC(=O)[C@H](CC(COC1CCCCO1)=C(C)C)OCc1ccccc1. The molecule has 0 saturated carbocycles. The van der Waals surface area contributed by atoms with Crippen molar-refractivity contribution in [2.75, 3.05) is 19.8 Å². The molecule has 1 unspecified atom stereocenters. The molecule has 1 saturated heterocycles. The molecule has 1 heterocycles. The lowest BCUT2D eigenvalue weighted by Gasteiger charge is -2.25. The summed E-state index contributed by atoms with van der Waals surface area (Å²) < 4.78 is 22.5. The lowest BCUT2D eigenvalue weighted by atomic mass is 10.00. The smallest absolute Gasteiger partial charge is 0.313 e. The van der Waals surface area contributed by atoms with Crippen LogP contribution in [0.1, 0.15) is 58.4 Å². The average Bonchev–Trinajstić information content (AvgIpc) is 2.74. The van der Waals surface area contributed by atoms with Crippen molar-refractivity contribution in [2.24, 2.45) is 0 Å². The third-order valence-electron chi connectivity index (χ3n) is 5.00. The molecule has 0 bridgehead atoms. The molecule has 1 aromatic carbocycles. The minimum Gasteiger partial charge on any atom is -0.466 e. The molecule has 6 heteroatoms. The Hall–Kier alpha value is -2.02. The minimum atomic E-state index is -0.740. The zero-order chi connectivity index (χ0) is 21.8. The van der Waals surface area contributed by atoms with E-state index in [1.807, 2.05) is 44.2 Å². The van der Waals surface area contributed by atoms with E-state index in [2.05, 4.69) is 0 Å². The number of allylic oxidation sites excluding steroid dienone is 1. The molecule has 0 aliphatic carbocycles. The Bertz CT molecular complexity index is 687. The second-order valence-corrected chi connectivity index (χ2v) is 7.65. The van der Waals surface area contributed by atoms with E-state index in [0.29, 0.717) is 19.6 Å². The van der Waals surface area contributed by atoms with Crippen molar-refractivity contribution in [3.05, 3.63) is 47.0 Å². The summed E-state index contributed by atoms with van der Waals surface area (Å²) in [5.74, 6) is -0.807. The summed E-state index contributed by atoms with van der Waals surface area (Å²) in [5, 5.41) is 0. The molecule has 0 N–H and O–H groups in total. The molecule has 0 aromatic heterocycles. The van der Waals surface area contributed by atoms with Crippen LogP contribution in [0.15, 0.2) is 41.5 Å². The lowest BCUT2D eigenvalue weighted by Crippen LogP contribution is -2.29. The van der Waals surface area contributed by atoms with Gasteiger partial charge in [0.1, 0.15) is 12.5 Å². The summed E-state index contributed by atoms with van der Waals surface area (Å²) in [6.07, 6.45) is 2.17. The number of ketones is 1. The molecular formula is C24H34O6. The fourth-order valence-electron chi connectivity index (χ4n) is 3.17. The summed E-state index contributed by atoms with van der Waals surface area (Å²) in [4.78, 5) is 24.6. The first-order chi connectivity index (χ1) is 14.5. The number of esters is 1. The van der Waals surface area contributed by atoms with Crippen LogP contribution >= 0.6 is 0 Å². The van der Waals surface area contributed by atoms with Crippen LogP contribution in [0.4, 0.5) is 0 Å². The van der Waals surface area contributed by atoms with E-state index in [9.17, 15) is 9.59 Å². The second-order valence-electron chi connectivity index (χ2n) is 7.65. The molecule has 0 radical (unpaired) electrons. The van der Waals surface area contributed by atoms with Crippen LogP contribution in [0.25, 0.3) is 0 Å². The van der Waals surface area contributed by atoms with E-state index in [1.54, 1.807) is 6.92 Å². The van der Waals surface area contributed by atoms with Gasteiger partial charge in [-0.05, 0) is 51.2 Å². The van der Waals surface area contributed by atoms with Gasteiger partial charge in [0.2, 0.25) is 0 Å². The van der Waals surface area contributed by atoms with Crippen molar-refractivity contribution in [1.82, 2.24) is 0 Å². The largest absolute Gasteiger partial charge is 0.466 e. The van der Waals surface area contributed by atoms with Gasteiger partial charge in [-0.25, -0.2) is 0 Å². The maximum atomic E-state index is 12.8. The maximum absolute atomic E-state index is 12.8. The van der Waals surface area contributed by atoms with Crippen molar-refractivity contribution in [1.29, 1.82) is 0 Å². The van der Waals surface area contributed by atoms with Crippen LogP contribution in [-0.4, -0.2) is 44.0 Å². The number of hydrogen-bond acceptors (Lipinski definition) is 6. The van der Waals surface area contributed by atoms with Gasteiger partial charge in [-0.15, -0.1) is 0 Å². The van der Waals surface area contributed by atoms with Crippen LogP contribution in [0, 0.1) is 0 Å². The number of carbonyl (C=O) groups is 2. The summed E-state index contributed by atoms with van der Waals surface area (Å²) in [7, 11) is 0. The Morgan fingerprint density at radius 1 is 1.17 bits per heavy atom. The van der Waals surface area contributed by atoms with Crippen LogP contribution in [0.3, 0.4) is 0 Å². The molecule has 166 valence electrons. The zero-order valence-corrected chi connectivity index (χ0v) is 18.4. The monoisotopic (exact) mass is 418 g/mol. The highest BCUT2D eigenvalue weighted by Crippen LogP contribution is 2.20. The Morgan fingerprint density at radius 2 is 1.93 bits per heavy atom. The number of hydrogen-bond donors (Lipinski definition) is 0. The molecule has 30 heavy (non-hydrogen) atoms. The first-order valence-electron chi connectivity index (χ1n) is 10.7. The van der Waals surface area contributed by atoms with Crippen molar-refractivity contribution in [2.45, 2.75) is 71.9 Å². The van der Waals surface area contributed by atoms with Gasteiger partial charge in [0, 0.05) is 13.0 Å². The fourth-order valence-corrected chi connectivity index (χ4v) is 3.17. The molecule has 2 atom stereocenters. The van der Waals surface area contributed by atoms with E-state index in [1.165, 1.54) is 0 Å². The quantitative estimate of drug-likeness (QED) is 0.285. The van der Waals surface area contributed by atoms with Gasteiger partial charge in [-0.1, -0.05) is 35.9 Å². The van der Waals surface area contributed by atoms with Crippen LogP contribution in [-0.2, 0) is 35.1 Å². The number of carbonyl (C=O) groups excluding carboxylic acids is 2. The van der Waals surface area contributed by atoms with Gasteiger partial charge in [-0.2, -0.15) is 0 Å². The molecule has 2 rings (SSSR count). The van der Waals surface area contributed by atoms with Crippen molar-refractivity contribution < 1.29 is 28.5 Å². The lowest BCUT2D eigenvalue weighted by molar-refractivity contribution is -0.157. The Kier molecular flexibility index (Phi) is 10.8. The molecule has 1 aliphatic rings. The number of rotatable bonds is 12. The van der Waals surface area contributed by atoms with Gasteiger partial charge in [-0.3, -0.25) is 9.59 Å². The molecule has 1 fully saturated rings. The van der Waals surface area contributed by atoms with E-state index < -0.39 is 12.1 Å². The third kappa shape index (κ3) is 8.78. The van der Waals surface area contributed by atoms with Gasteiger partial charge < -0.3 is 18.9 Å². The first kappa shape index (κ1) is 24.3. The Labute approximate surface area is 179 Å². The molecule has 1 aromatic rings. The topological polar surface area (TPSA) is 71.1 Å². The van der Waals surface area contributed by atoms with Gasteiger partial charge in [0.05, 0.1) is 19.8 Å². The molecule has 6 nitrogen and oxygen atoms in total. The normalized spacial score (nSPS) is 17.2. The number of benzene rings is 1. The van der Waals surface area contributed by atoms with Crippen molar-refractivity contribution >= 4 is 11.8 Å². The van der Waals surface area contributed by atoms with E-state index in [4.69, 9.17) is 18.9 Å². The standard InChI is InChI=1S/C24H34O6/c1-4-27-23(26)15-21(25)22(29-16-19-10-6-5-7-11-19)14-20(18(2)3)17-30-24-12-8-9-13-28-24/h5-7,10-11,22,24H,4,8-9,12-17H2,1-3H3/t22-,24?/m0/s1. The highest BCUT2D eigenvalue weighted by Gasteiger charge is 2.25. The predicted octanol–water partition coefficient (Wildman–Crippen LogP) is 4.36. The average molecular weight is 419 g/mol.